The van der Waals surface area contributed by atoms with Crippen LogP contribution in [0.5, 0.6) is 5.88 Å². The van der Waals surface area contributed by atoms with Gasteiger partial charge in [-0.2, -0.15) is 4.98 Å². The second kappa shape index (κ2) is 5.09. The minimum atomic E-state index is 0.566. The first-order valence-corrected chi connectivity index (χ1v) is 6.06. The minimum absolute atomic E-state index is 0.566. The summed E-state index contributed by atoms with van der Waals surface area (Å²) in [6.07, 6.45) is 1.68. The molecule has 0 bridgehead atoms. The Morgan fingerprint density at radius 3 is 2.88 bits per heavy atom. The van der Waals surface area contributed by atoms with Gasteiger partial charge in [0.15, 0.2) is 0 Å². The summed E-state index contributed by atoms with van der Waals surface area (Å²) >= 11 is 1.65. The third kappa shape index (κ3) is 2.91. The molecule has 6 heteroatoms. The van der Waals surface area contributed by atoms with Gasteiger partial charge in [-0.25, -0.2) is 9.97 Å². The molecule has 5 nitrogen and oxygen atoms in total. The molecule has 2 aromatic rings. The quantitative estimate of drug-likeness (QED) is 0.829. The molecule has 2 aromatic heterocycles. The maximum absolute atomic E-state index is 5.07. The molecule has 90 valence electrons. The van der Waals surface area contributed by atoms with Crippen LogP contribution in [0.1, 0.15) is 10.7 Å². The molecule has 2 heterocycles. The van der Waals surface area contributed by atoms with Gasteiger partial charge in [-0.1, -0.05) is 0 Å². The van der Waals surface area contributed by atoms with Crippen LogP contribution in [0.3, 0.4) is 0 Å². The number of hydrogen-bond donors (Lipinski definition) is 0. The highest BCUT2D eigenvalue weighted by Gasteiger charge is 2.08. The molecule has 0 atom stereocenters. The number of rotatable bonds is 4. The standard InChI is InChI=1S/C11H14N4OS/c1-8-13-9(7-17-8)6-15(2)11-12-5-4-10(14-11)16-3/h4-5,7H,6H2,1-3H3. The molecule has 0 aliphatic carbocycles. The van der Waals surface area contributed by atoms with Crippen LogP contribution >= 0.6 is 11.3 Å². The average molecular weight is 250 g/mol. The van der Waals surface area contributed by atoms with Crippen LogP contribution < -0.4 is 9.64 Å². The van der Waals surface area contributed by atoms with Crippen molar-refractivity contribution in [1.29, 1.82) is 0 Å². The van der Waals surface area contributed by atoms with Gasteiger partial charge in [-0.15, -0.1) is 11.3 Å². The van der Waals surface area contributed by atoms with Crippen molar-refractivity contribution >= 4 is 17.3 Å². The van der Waals surface area contributed by atoms with E-state index in [0.29, 0.717) is 18.4 Å². The lowest BCUT2D eigenvalue weighted by atomic mass is 10.4. The van der Waals surface area contributed by atoms with Crippen molar-refractivity contribution in [3.05, 3.63) is 28.3 Å². The number of methoxy groups -OCH3 is 1. The Morgan fingerprint density at radius 2 is 2.24 bits per heavy atom. The second-order valence-corrected chi connectivity index (χ2v) is 4.68. The molecule has 0 amide bonds. The number of aryl methyl sites for hydroxylation is 1. The van der Waals surface area contributed by atoms with Crippen LogP contribution in [0.2, 0.25) is 0 Å². The number of ether oxygens (including phenoxy) is 1. The Bertz CT molecular complexity index is 500. The van der Waals surface area contributed by atoms with Gasteiger partial charge >= 0.3 is 0 Å². The molecule has 0 saturated heterocycles. The predicted octanol–water partition coefficient (Wildman–Crippen LogP) is 1.89. The van der Waals surface area contributed by atoms with Crippen LogP contribution in [0, 0.1) is 6.92 Å². The van der Waals surface area contributed by atoms with Crippen molar-refractivity contribution in [3.8, 4) is 5.88 Å². The summed E-state index contributed by atoms with van der Waals surface area (Å²) in [7, 11) is 3.53. The molecule has 0 saturated carbocycles. The van der Waals surface area contributed by atoms with Crippen molar-refractivity contribution < 1.29 is 4.74 Å². The molecular weight excluding hydrogens is 236 g/mol. The lowest BCUT2D eigenvalue weighted by molar-refractivity contribution is 0.397. The average Bonchev–Trinajstić information content (AvgIpc) is 2.75. The summed E-state index contributed by atoms with van der Waals surface area (Å²) in [6.45, 7) is 2.69. The van der Waals surface area contributed by atoms with E-state index in [0.717, 1.165) is 10.7 Å². The van der Waals surface area contributed by atoms with E-state index in [2.05, 4.69) is 15.0 Å². The summed E-state index contributed by atoms with van der Waals surface area (Å²) in [5.41, 5.74) is 1.03. The first kappa shape index (κ1) is 11.8. The first-order chi connectivity index (χ1) is 8.19. The van der Waals surface area contributed by atoms with E-state index in [-0.39, 0.29) is 0 Å². The molecule has 2 rings (SSSR count). The molecular formula is C11H14N4OS. The van der Waals surface area contributed by atoms with E-state index in [1.54, 1.807) is 30.7 Å². The van der Waals surface area contributed by atoms with Crippen molar-refractivity contribution in [1.82, 2.24) is 15.0 Å². The lowest BCUT2D eigenvalue weighted by Gasteiger charge is -2.15. The van der Waals surface area contributed by atoms with E-state index in [9.17, 15) is 0 Å². The predicted molar refractivity (Wildman–Crippen MR) is 67.5 cm³/mol. The molecule has 0 unspecified atom stereocenters. The maximum atomic E-state index is 5.07. The fourth-order valence-corrected chi connectivity index (χ4v) is 2.03. The van der Waals surface area contributed by atoms with Crippen LogP contribution in [0.4, 0.5) is 5.95 Å². The van der Waals surface area contributed by atoms with Crippen LogP contribution in [-0.2, 0) is 6.54 Å². The van der Waals surface area contributed by atoms with Gasteiger partial charge in [-0.05, 0) is 6.92 Å². The number of aromatic nitrogens is 3. The zero-order chi connectivity index (χ0) is 12.3. The van der Waals surface area contributed by atoms with Crippen molar-refractivity contribution in [2.45, 2.75) is 13.5 Å². The monoisotopic (exact) mass is 250 g/mol. The SMILES string of the molecule is COc1ccnc(N(C)Cc2csc(C)n2)n1. The number of nitrogens with zero attached hydrogens (tertiary/aromatic N) is 4. The van der Waals surface area contributed by atoms with Crippen LogP contribution in [0.15, 0.2) is 17.6 Å². The number of hydrogen-bond acceptors (Lipinski definition) is 6. The largest absolute Gasteiger partial charge is 0.481 e. The third-order valence-corrected chi connectivity index (χ3v) is 3.06. The molecule has 0 aromatic carbocycles. The van der Waals surface area contributed by atoms with Crippen LogP contribution in [0.25, 0.3) is 0 Å². The molecule has 0 aliphatic heterocycles. The molecule has 0 aliphatic rings. The molecule has 0 radical (unpaired) electrons. The summed E-state index contributed by atoms with van der Waals surface area (Å²) < 4.78 is 5.07. The highest BCUT2D eigenvalue weighted by Crippen LogP contribution is 2.15. The van der Waals surface area contributed by atoms with Gasteiger partial charge in [0.05, 0.1) is 24.4 Å². The maximum Gasteiger partial charge on any atom is 0.228 e. The van der Waals surface area contributed by atoms with E-state index in [1.807, 2.05) is 24.3 Å². The van der Waals surface area contributed by atoms with Crippen molar-refractivity contribution in [3.63, 3.8) is 0 Å². The highest BCUT2D eigenvalue weighted by atomic mass is 32.1. The van der Waals surface area contributed by atoms with Gasteiger partial charge in [-0.3, -0.25) is 0 Å². The summed E-state index contributed by atoms with van der Waals surface area (Å²) in [4.78, 5) is 14.8. The number of thiazole rings is 1. The third-order valence-electron chi connectivity index (χ3n) is 2.23. The van der Waals surface area contributed by atoms with E-state index >= 15 is 0 Å². The number of anilines is 1. The first-order valence-electron chi connectivity index (χ1n) is 5.18. The highest BCUT2D eigenvalue weighted by molar-refractivity contribution is 7.09. The van der Waals surface area contributed by atoms with Gasteiger partial charge in [0.2, 0.25) is 11.8 Å². The Morgan fingerprint density at radius 1 is 1.41 bits per heavy atom. The Labute approximate surface area is 104 Å². The summed E-state index contributed by atoms with van der Waals surface area (Å²) in [5.74, 6) is 1.20. The summed E-state index contributed by atoms with van der Waals surface area (Å²) in [5, 5.41) is 3.12. The van der Waals surface area contributed by atoms with E-state index in [4.69, 9.17) is 4.74 Å². The molecule has 0 spiro atoms. The van der Waals surface area contributed by atoms with Crippen molar-refractivity contribution in [2.24, 2.45) is 0 Å². The fraction of sp³-hybridized carbons (Fsp3) is 0.364. The van der Waals surface area contributed by atoms with E-state index in [1.165, 1.54) is 0 Å². The Kier molecular flexibility index (Phi) is 3.53. The van der Waals surface area contributed by atoms with Crippen LogP contribution in [-0.4, -0.2) is 29.1 Å². The zero-order valence-corrected chi connectivity index (χ0v) is 10.9. The zero-order valence-electron chi connectivity index (χ0n) is 10.0. The lowest BCUT2D eigenvalue weighted by Crippen LogP contribution is -2.19. The Balaban J connectivity index is 2.11. The van der Waals surface area contributed by atoms with Gasteiger partial charge < -0.3 is 9.64 Å². The smallest absolute Gasteiger partial charge is 0.228 e. The van der Waals surface area contributed by atoms with Gasteiger partial charge in [0, 0.05) is 24.7 Å². The topological polar surface area (TPSA) is 51.1 Å². The second-order valence-electron chi connectivity index (χ2n) is 3.61. The van der Waals surface area contributed by atoms with Gasteiger partial charge in [0.1, 0.15) is 0 Å². The normalized spacial score (nSPS) is 10.3. The fourth-order valence-electron chi connectivity index (χ4n) is 1.42. The van der Waals surface area contributed by atoms with E-state index < -0.39 is 0 Å². The molecule has 0 fully saturated rings. The molecule has 17 heavy (non-hydrogen) atoms. The minimum Gasteiger partial charge on any atom is -0.481 e. The summed E-state index contributed by atoms with van der Waals surface area (Å²) in [6, 6.07) is 1.73. The van der Waals surface area contributed by atoms with Gasteiger partial charge in [0.25, 0.3) is 0 Å². The van der Waals surface area contributed by atoms with Crippen molar-refractivity contribution in [2.75, 3.05) is 19.1 Å². The molecule has 0 N–H and O–H groups in total. The Hall–Kier alpha value is -1.69.